The summed E-state index contributed by atoms with van der Waals surface area (Å²) in [5, 5.41) is 3.25. The maximum Gasteiger partial charge on any atom is 0.251 e. The fourth-order valence-electron chi connectivity index (χ4n) is 3.08. The summed E-state index contributed by atoms with van der Waals surface area (Å²) in [6, 6.07) is 7.63. The first kappa shape index (κ1) is 18.1. The Morgan fingerprint density at radius 2 is 1.85 bits per heavy atom. The molecule has 1 atom stereocenters. The lowest BCUT2D eigenvalue weighted by Gasteiger charge is -2.17. The summed E-state index contributed by atoms with van der Waals surface area (Å²) in [6.45, 7) is 5.98. The molecule has 1 aromatic carbocycles. The van der Waals surface area contributed by atoms with Crippen molar-refractivity contribution in [3.8, 4) is 0 Å². The molecule has 1 saturated heterocycles. The Labute approximate surface area is 156 Å². The van der Waals surface area contributed by atoms with E-state index in [-0.39, 0.29) is 18.2 Å². The van der Waals surface area contributed by atoms with E-state index < -0.39 is 11.8 Å². The third-order valence-corrected chi connectivity index (χ3v) is 5.83. The molecule has 0 saturated carbocycles. The van der Waals surface area contributed by atoms with Gasteiger partial charge in [-0.1, -0.05) is 17.7 Å². The summed E-state index contributed by atoms with van der Waals surface area (Å²) in [4.78, 5) is 39.2. The highest BCUT2D eigenvalue weighted by Gasteiger charge is 2.35. The number of nitrogens with two attached hydrogens (primary N) is 1. The molecule has 3 N–H and O–H groups in total. The topological polar surface area (TPSA) is 92.5 Å². The number of nitrogens with one attached hydrogen (secondary N) is 1. The molecule has 0 radical (unpaired) electrons. The van der Waals surface area contributed by atoms with Gasteiger partial charge in [-0.3, -0.25) is 14.4 Å². The Hall–Kier alpha value is -2.67. The predicted octanol–water partition coefficient (Wildman–Crippen LogP) is 2.76. The van der Waals surface area contributed by atoms with Gasteiger partial charge in [-0.25, -0.2) is 0 Å². The quantitative estimate of drug-likeness (QED) is 0.865. The number of rotatable bonds is 4. The number of hydrogen-bond acceptors (Lipinski definition) is 4. The summed E-state index contributed by atoms with van der Waals surface area (Å²) in [7, 11) is 0. The van der Waals surface area contributed by atoms with E-state index >= 15 is 0 Å². The average Bonchev–Trinajstić information content (AvgIpc) is 3.09. The highest BCUT2D eigenvalue weighted by atomic mass is 32.1. The Morgan fingerprint density at radius 1 is 1.19 bits per heavy atom. The number of carbonyl (C=O) groups is 3. The monoisotopic (exact) mass is 371 g/mol. The second-order valence-corrected chi connectivity index (χ2v) is 7.81. The summed E-state index contributed by atoms with van der Waals surface area (Å²) < 4.78 is 0. The van der Waals surface area contributed by atoms with Gasteiger partial charge in [0, 0.05) is 23.5 Å². The second kappa shape index (κ2) is 6.92. The Bertz CT molecular complexity index is 886. The Balaban J connectivity index is 1.76. The minimum atomic E-state index is -0.564. The molecule has 1 fully saturated rings. The maximum atomic E-state index is 12.7. The van der Waals surface area contributed by atoms with Crippen molar-refractivity contribution in [1.82, 2.24) is 0 Å². The molecule has 136 valence electrons. The van der Waals surface area contributed by atoms with Crippen molar-refractivity contribution in [3.05, 3.63) is 45.8 Å². The molecular formula is C19H21N3O3S. The van der Waals surface area contributed by atoms with E-state index in [9.17, 15) is 14.4 Å². The third-order valence-electron chi connectivity index (χ3n) is 4.71. The van der Waals surface area contributed by atoms with Crippen LogP contribution in [0.4, 0.5) is 10.7 Å². The largest absolute Gasteiger partial charge is 0.365 e. The number of anilines is 2. The van der Waals surface area contributed by atoms with Crippen molar-refractivity contribution in [1.29, 1.82) is 0 Å². The minimum absolute atomic E-state index is 0.0809. The van der Waals surface area contributed by atoms with Crippen LogP contribution in [0.25, 0.3) is 0 Å². The number of thiophene rings is 1. The van der Waals surface area contributed by atoms with Gasteiger partial charge in [0.15, 0.2) is 0 Å². The highest BCUT2D eigenvalue weighted by molar-refractivity contribution is 7.16. The zero-order chi connectivity index (χ0) is 19.0. The van der Waals surface area contributed by atoms with Crippen LogP contribution in [-0.4, -0.2) is 24.3 Å². The van der Waals surface area contributed by atoms with Gasteiger partial charge in [-0.15, -0.1) is 11.3 Å². The molecule has 0 bridgehead atoms. The number of primary amides is 1. The molecule has 3 rings (SSSR count). The van der Waals surface area contributed by atoms with E-state index in [0.717, 1.165) is 21.7 Å². The number of carbonyl (C=O) groups excluding carboxylic acids is 3. The van der Waals surface area contributed by atoms with Crippen LogP contribution in [0, 0.1) is 26.7 Å². The summed E-state index contributed by atoms with van der Waals surface area (Å²) in [5.74, 6) is -1.38. The van der Waals surface area contributed by atoms with Gasteiger partial charge in [0.2, 0.25) is 11.8 Å². The molecule has 0 aliphatic carbocycles. The number of nitrogens with zero attached hydrogens (tertiary/aromatic N) is 1. The van der Waals surface area contributed by atoms with Crippen molar-refractivity contribution < 1.29 is 14.4 Å². The van der Waals surface area contributed by atoms with Gasteiger partial charge in [-0.05, 0) is 38.5 Å². The molecule has 1 unspecified atom stereocenters. The third kappa shape index (κ3) is 3.35. The number of amides is 3. The zero-order valence-electron chi connectivity index (χ0n) is 15.0. The van der Waals surface area contributed by atoms with Crippen LogP contribution < -0.4 is 16.0 Å². The van der Waals surface area contributed by atoms with Gasteiger partial charge >= 0.3 is 0 Å². The van der Waals surface area contributed by atoms with Crippen molar-refractivity contribution in [3.63, 3.8) is 0 Å². The first-order valence-electron chi connectivity index (χ1n) is 8.35. The Morgan fingerprint density at radius 3 is 2.46 bits per heavy atom. The van der Waals surface area contributed by atoms with Crippen LogP contribution >= 0.6 is 11.3 Å². The molecule has 3 amide bonds. The minimum Gasteiger partial charge on any atom is -0.365 e. The highest BCUT2D eigenvalue weighted by Crippen LogP contribution is 2.33. The van der Waals surface area contributed by atoms with E-state index in [4.69, 9.17) is 5.73 Å². The van der Waals surface area contributed by atoms with Gasteiger partial charge in [0.25, 0.3) is 5.91 Å². The molecule has 1 aliphatic rings. The molecule has 2 aromatic rings. The van der Waals surface area contributed by atoms with Crippen molar-refractivity contribution >= 4 is 39.7 Å². The molecular weight excluding hydrogens is 350 g/mol. The molecule has 1 aromatic heterocycles. The van der Waals surface area contributed by atoms with Crippen LogP contribution in [0.1, 0.15) is 32.8 Å². The zero-order valence-corrected chi connectivity index (χ0v) is 15.8. The van der Waals surface area contributed by atoms with Crippen LogP contribution in [0.5, 0.6) is 0 Å². The van der Waals surface area contributed by atoms with Crippen molar-refractivity contribution in [2.24, 2.45) is 11.7 Å². The first-order valence-corrected chi connectivity index (χ1v) is 9.17. The second-order valence-electron chi connectivity index (χ2n) is 6.58. The lowest BCUT2D eigenvalue weighted by molar-refractivity contribution is -0.122. The smallest absolute Gasteiger partial charge is 0.251 e. The number of hydrogen-bond donors (Lipinski definition) is 2. The van der Waals surface area contributed by atoms with Crippen molar-refractivity contribution in [2.75, 3.05) is 16.8 Å². The van der Waals surface area contributed by atoms with Gasteiger partial charge < -0.3 is 16.0 Å². The summed E-state index contributed by atoms with van der Waals surface area (Å²) >= 11 is 1.32. The normalized spacial score (nSPS) is 16.8. The summed E-state index contributed by atoms with van der Waals surface area (Å²) in [6.07, 6.45) is 0.148. The molecule has 0 spiro atoms. The standard InChI is InChI=1S/C19H21N3O3S/c1-10-4-6-14(7-5-10)22-9-13(8-15(22)23)18(25)21-19-16(17(20)24)11(2)12(3)26-19/h4-7,13H,8-9H2,1-3H3,(H2,20,24)(H,21,25). The predicted molar refractivity (Wildman–Crippen MR) is 103 cm³/mol. The lowest BCUT2D eigenvalue weighted by Crippen LogP contribution is -2.28. The SMILES string of the molecule is Cc1ccc(N2CC(C(=O)Nc3sc(C)c(C)c3C(N)=O)CC2=O)cc1. The van der Waals surface area contributed by atoms with Crippen molar-refractivity contribution in [2.45, 2.75) is 27.2 Å². The molecule has 1 aliphatic heterocycles. The van der Waals surface area contributed by atoms with Crippen LogP contribution in [0.15, 0.2) is 24.3 Å². The molecule has 7 heteroatoms. The van der Waals surface area contributed by atoms with E-state index in [1.54, 1.807) is 11.8 Å². The number of benzene rings is 1. The fraction of sp³-hybridized carbons (Fsp3) is 0.316. The van der Waals surface area contributed by atoms with Gasteiger partial charge in [0.05, 0.1) is 11.5 Å². The fourth-order valence-corrected chi connectivity index (χ4v) is 4.15. The summed E-state index contributed by atoms with van der Waals surface area (Å²) in [5.41, 5.74) is 8.47. The van der Waals surface area contributed by atoms with Crippen LogP contribution in [0.2, 0.25) is 0 Å². The number of aryl methyl sites for hydroxylation is 2. The van der Waals surface area contributed by atoms with Crippen LogP contribution in [0.3, 0.4) is 0 Å². The first-order chi connectivity index (χ1) is 12.3. The average molecular weight is 371 g/mol. The lowest BCUT2D eigenvalue weighted by atomic mass is 10.1. The molecule has 2 heterocycles. The maximum absolute atomic E-state index is 12.7. The van der Waals surface area contributed by atoms with Gasteiger partial charge in [-0.2, -0.15) is 0 Å². The van der Waals surface area contributed by atoms with E-state index in [1.165, 1.54) is 11.3 Å². The van der Waals surface area contributed by atoms with E-state index in [0.29, 0.717) is 17.1 Å². The molecule has 6 nitrogen and oxygen atoms in total. The molecule has 26 heavy (non-hydrogen) atoms. The van der Waals surface area contributed by atoms with Crippen LogP contribution in [-0.2, 0) is 9.59 Å². The Kier molecular flexibility index (Phi) is 4.82. The van der Waals surface area contributed by atoms with E-state index in [1.807, 2.05) is 38.1 Å². The van der Waals surface area contributed by atoms with E-state index in [2.05, 4.69) is 5.32 Å². The van der Waals surface area contributed by atoms with Gasteiger partial charge in [0.1, 0.15) is 5.00 Å².